The summed E-state index contributed by atoms with van der Waals surface area (Å²) in [7, 11) is 0. The number of amides is 1. The molecule has 3 aromatic rings. The number of esters is 1. The quantitative estimate of drug-likeness (QED) is 0.709. The highest BCUT2D eigenvalue weighted by Gasteiger charge is 2.08. The maximum Gasteiger partial charge on any atom is 0.338 e. The molecule has 1 amide bonds. The number of benzene rings is 3. The fraction of sp³-hybridized carbons (Fsp3) is 0.0476. The van der Waals surface area contributed by atoms with Crippen LogP contribution >= 0.6 is 0 Å². The van der Waals surface area contributed by atoms with Crippen molar-refractivity contribution in [2.75, 3.05) is 5.32 Å². The van der Waals surface area contributed by atoms with Gasteiger partial charge in [0.25, 0.3) is 5.91 Å². The Morgan fingerprint density at radius 2 is 1.40 bits per heavy atom. The van der Waals surface area contributed by atoms with Gasteiger partial charge in [-0.1, -0.05) is 48.5 Å². The first-order chi connectivity index (χ1) is 12.2. The molecule has 0 aliphatic carbocycles. The molecule has 0 unspecified atom stereocenters. The van der Waals surface area contributed by atoms with Crippen molar-refractivity contribution in [3.63, 3.8) is 0 Å². The van der Waals surface area contributed by atoms with Crippen molar-refractivity contribution in [3.05, 3.63) is 102 Å². The zero-order valence-corrected chi connectivity index (χ0v) is 13.5. The highest BCUT2D eigenvalue weighted by atomic mass is 16.5. The molecule has 0 spiro atoms. The maximum atomic E-state index is 12.2. The number of carbonyl (C=O) groups excluding carboxylic acids is 2. The van der Waals surface area contributed by atoms with E-state index in [1.807, 2.05) is 36.4 Å². The summed E-state index contributed by atoms with van der Waals surface area (Å²) in [5.74, 6) is -0.557. The van der Waals surface area contributed by atoms with E-state index in [4.69, 9.17) is 4.74 Å². The molecule has 4 heteroatoms. The van der Waals surface area contributed by atoms with Gasteiger partial charge in [0.2, 0.25) is 0 Å². The Balaban J connectivity index is 1.62. The predicted molar refractivity (Wildman–Crippen MR) is 96.4 cm³/mol. The highest BCUT2D eigenvalue weighted by molar-refractivity contribution is 6.04. The SMILES string of the molecule is O=C(Nc1cccc(COC(=O)c2ccccc2)c1)c1ccccc1. The van der Waals surface area contributed by atoms with Crippen LogP contribution in [0, 0.1) is 0 Å². The van der Waals surface area contributed by atoms with E-state index in [0.29, 0.717) is 16.8 Å². The van der Waals surface area contributed by atoms with Gasteiger partial charge in [-0.3, -0.25) is 4.79 Å². The second-order valence-electron chi connectivity index (χ2n) is 5.46. The molecule has 3 aromatic carbocycles. The third-order valence-corrected chi connectivity index (χ3v) is 3.60. The molecule has 0 atom stereocenters. The molecule has 0 radical (unpaired) electrons. The largest absolute Gasteiger partial charge is 0.457 e. The van der Waals surface area contributed by atoms with Crippen molar-refractivity contribution < 1.29 is 14.3 Å². The molecule has 0 aliphatic heterocycles. The normalized spacial score (nSPS) is 10.1. The molecule has 3 rings (SSSR count). The maximum absolute atomic E-state index is 12.2. The van der Waals surface area contributed by atoms with Gasteiger partial charge in [0, 0.05) is 11.3 Å². The molecule has 25 heavy (non-hydrogen) atoms. The fourth-order valence-electron chi connectivity index (χ4n) is 2.34. The van der Waals surface area contributed by atoms with Crippen LogP contribution < -0.4 is 5.32 Å². The Kier molecular flexibility index (Phi) is 5.22. The molecule has 0 heterocycles. The van der Waals surface area contributed by atoms with Gasteiger partial charge in [-0.25, -0.2) is 4.79 Å². The van der Waals surface area contributed by atoms with Gasteiger partial charge in [-0.2, -0.15) is 0 Å². The minimum Gasteiger partial charge on any atom is -0.457 e. The molecule has 0 aliphatic rings. The zero-order chi connectivity index (χ0) is 17.5. The minimum atomic E-state index is -0.376. The fourth-order valence-corrected chi connectivity index (χ4v) is 2.34. The Morgan fingerprint density at radius 1 is 0.760 bits per heavy atom. The van der Waals surface area contributed by atoms with Crippen LogP contribution in [0.2, 0.25) is 0 Å². The van der Waals surface area contributed by atoms with E-state index in [9.17, 15) is 9.59 Å². The summed E-state index contributed by atoms with van der Waals surface area (Å²) in [4.78, 5) is 24.2. The van der Waals surface area contributed by atoms with Crippen molar-refractivity contribution in [1.29, 1.82) is 0 Å². The summed E-state index contributed by atoms with van der Waals surface area (Å²) in [5, 5.41) is 2.84. The highest BCUT2D eigenvalue weighted by Crippen LogP contribution is 2.14. The number of nitrogens with one attached hydrogen (secondary N) is 1. The average molecular weight is 331 g/mol. The molecule has 124 valence electrons. The van der Waals surface area contributed by atoms with Crippen LogP contribution in [0.5, 0.6) is 0 Å². The number of anilines is 1. The lowest BCUT2D eigenvalue weighted by Crippen LogP contribution is -2.12. The van der Waals surface area contributed by atoms with Gasteiger partial charge in [-0.05, 0) is 42.0 Å². The summed E-state index contributed by atoms with van der Waals surface area (Å²) < 4.78 is 5.31. The number of rotatable bonds is 5. The number of hydrogen-bond donors (Lipinski definition) is 1. The Labute approximate surface area is 146 Å². The van der Waals surface area contributed by atoms with Gasteiger partial charge in [0.15, 0.2) is 0 Å². The van der Waals surface area contributed by atoms with Crippen molar-refractivity contribution in [3.8, 4) is 0 Å². The molecular weight excluding hydrogens is 314 g/mol. The van der Waals surface area contributed by atoms with Gasteiger partial charge in [-0.15, -0.1) is 0 Å². The third-order valence-electron chi connectivity index (χ3n) is 3.60. The summed E-state index contributed by atoms with van der Waals surface area (Å²) in [6.45, 7) is 0.142. The topological polar surface area (TPSA) is 55.4 Å². The van der Waals surface area contributed by atoms with Crippen molar-refractivity contribution in [2.45, 2.75) is 6.61 Å². The molecule has 0 fully saturated rings. The van der Waals surface area contributed by atoms with Crippen molar-refractivity contribution in [2.24, 2.45) is 0 Å². The van der Waals surface area contributed by atoms with Crippen molar-refractivity contribution >= 4 is 17.6 Å². The molecule has 0 bridgehead atoms. The van der Waals surface area contributed by atoms with Crippen LogP contribution in [-0.2, 0) is 11.3 Å². The Morgan fingerprint density at radius 3 is 2.08 bits per heavy atom. The third kappa shape index (κ3) is 4.54. The van der Waals surface area contributed by atoms with Gasteiger partial charge >= 0.3 is 5.97 Å². The standard InChI is InChI=1S/C21H17NO3/c23-20(17-9-3-1-4-10-17)22-19-13-7-8-16(14-19)15-25-21(24)18-11-5-2-6-12-18/h1-14H,15H2,(H,22,23). The smallest absolute Gasteiger partial charge is 0.338 e. The minimum absolute atomic E-state index is 0.142. The molecular formula is C21H17NO3. The van der Waals surface area contributed by atoms with E-state index >= 15 is 0 Å². The summed E-state index contributed by atoms with van der Waals surface area (Å²) in [6, 6.07) is 25.1. The summed E-state index contributed by atoms with van der Waals surface area (Å²) >= 11 is 0. The predicted octanol–water partition coefficient (Wildman–Crippen LogP) is 4.30. The van der Waals surface area contributed by atoms with E-state index < -0.39 is 0 Å². The number of ether oxygens (including phenoxy) is 1. The zero-order valence-electron chi connectivity index (χ0n) is 13.5. The van der Waals surface area contributed by atoms with Crippen LogP contribution in [0.1, 0.15) is 26.3 Å². The second kappa shape index (κ2) is 7.93. The average Bonchev–Trinajstić information content (AvgIpc) is 2.68. The number of carbonyl (C=O) groups is 2. The van der Waals surface area contributed by atoms with Crippen molar-refractivity contribution in [1.82, 2.24) is 0 Å². The van der Waals surface area contributed by atoms with Gasteiger partial charge in [0.1, 0.15) is 6.61 Å². The Hall–Kier alpha value is -3.40. The first kappa shape index (κ1) is 16.5. The molecule has 1 N–H and O–H groups in total. The van der Waals surface area contributed by atoms with Crippen LogP contribution in [0.4, 0.5) is 5.69 Å². The summed E-state index contributed by atoms with van der Waals surface area (Å²) in [5.41, 5.74) is 2.55. The molecule has 0 aromatic heterocycles. The van der Waals surface area contributed by atoms with E-state index in [2.05, 4.69) is 5.32 Å². The first-order valence-electron chi connectivity index (χ1n) is 7.90. The molecule has 4 nitrogen and oxygen atoms in total. The molecule has 0 saturated heterocycles. The van der Waals surface area contributed by atoms with Crippen LogP contribution in [0.15, 0.2) is 84.9 Å². The van der Waals surface area contributed by atoms with E-state index in [0.717, 1.165) is 5.56 Å². The molecule has 0 saturated carbocycles. The lowest BCUT2D eigenvalue weighted by atomic mass is 10.2. The van der Waals surface area contributed by atoms with Gasteiger partial charge < -0.3 is 10.1 Å². The monoisotopic (exact) mass is 331 g/mol. The van der Waals surface area contributed by atoms with E-state index in [1.54, 1.807) is 48.5 Å². The van der Waals surface area contributed by atoms with E-state index in [-0.39, 0.29) is 18.5 Å². The summed E-state index contributed by atoms with van der Waals surface area (Å²) in [6.07, 6.45) is 0. The number of hydrogen-bond acceptors (Lipinski definition) is 3. The Bertz CT molecular complexity index is 861. The van der Waals surface area contributed by atoms with E-state index in [1.165, 1.54) is 0 Å². The van der Waals surface area contributed by atoms with Crippen LogP contribution in [0.3, 0.4) is 0 Å². The lowest BCUT2D eigenvalue weighted by molar-refractivity contribution is 0.0472. The first-order valence-corrected chi connectivity index (χ1v) is 7.90. The lowest BCUT2D eigenvalue weighted by Gasteiger charge is -2.08. The van der Waals surface area contributed by atoms with Crippen LogP contribution in [-0.4, -0.2) is 11.9 Å². The van der Waals surface area contributed by atoms with Gasteiger partial charge in [0.05, 0.1) is 5.56 Å². The van der Waals surface area contributed by atoms with Crippen LogP contribution in [0.25, 0.3) is 0 Å². The second-order valence-corrected chi connectivity index (χ2v) is 5.46.